The maximum atomic E-state index is 12.2. The molecule has 0 fully saturated rings. The zero-order chi connectivity index (χ0) is 15.8. The summed E-state index contributed by atoms with van der Waals surface area (Å²) in [5.41, 5.74) is 6.25. The Morgan fingerprint density at radius 1 is 1.33 bits per heavy atom. The number of carbonyl (C=O) groups excluding carboxylic acids is 1. The van der Waals surface area contributed by atoms with E-state index in [2.05, 4.69) is 20.9 Å². The van der Waals surface area contributed by atoms with E-state index in [0.29, 0.717) is 11.3 Å². The highest BCUT2D eigenvalue weighted by molar-refractivity contribution is 9.10. The summed E-state index contributed by atoms with van der Waals surface area (Å²) < 4.78 is 11.4. The quantitative estimate of drug-likeness (QED) is 0.836. The first-order valence-corrected chi connectivity index (χ1v) is 7.18. The van der Waals surface area contributed by atoms with Crippen molar-refractivity contribution in [3.8, 4) is 5.75 Å². The largest absolute Gasteiger partial charge is 0.494 e. The second-order valence-electron chi connectivity index (χ2n) is 5.57. The Morgan fingerprint density at radius 3 is 2.57 bits per heavy atom. The van der Waals surface area contributed by atoms with Crippen LogP contribution in [0, 0.1) is 0 Å². The van der Waals surface area contributed by atoms with Crippen LogP contribution in [0.25, 0.3) is 10.9 Å². The summed E-state index contributed by atoms with van der Waals surface area (Å²) in [5.74, 6) is 0.0157. The zero-order valence-electron chi connectivity index (χ0n) is 12.4. The normalized spacial score (nSPS) is 11.5. The topological polar surface area (TPSA) is 74.4 Å². The minimum atomic E-state index is -0.610. The molecule has 0 saturated carbocycles. The fourth-order valence-electron chi connectivity index (χ4n) is 1.87. The van der Waals surface area contributed by atoms with Crippen molar-refractivity contribution in [2.24, 2.45) is 0 Å². The highest BCUT2D eigenvalue weighted by Gasteiger charge is 2.22. The minimum Gasteiger partial charge on any atom is -0.494 e. The predicted octanol–water partition coefficient (Wildman–Crippen LogP) is 3.54. The molecule has 0 aliphatic rings. The lowest BCUT2D eigenvalue weighted by atomic mass is 10.1. The molecule has 2 aromatic rings. The Hall–Kier alpha value is -1.82. The summed E-state index contributed by atoms with van der Waals surface area (Å²) in [5, 5.41) is 0.777. The van der Waals surface area contributed by atoms with Gasteiger partial charge < -0.3 is 15.2 Å². The third-order valence-corrected chi connectivity index (χ3v) is 3.43. The number of benzene rings is 1. The molecule has 2 N–H and O–H groups in total. The van der Waals surface area contributed by atoms with Crippen LogP contribution in [0.4, 0.5) is 5.69 Å². The minimum absolute atomic E-state index is 0.0915. The third-order valence-electron chi connectivity index (χ3n) is 2.74. The number of anilines is 1. The van der Waals surface area contributed by atoms with E-state index in [1.165, 1.54) is 0 Å². The molecule has 112 valence electrons. The molecule has 6 heteroatoms. The van der Waals surface area contributed by atoms with Gasteiger partial charge in [0.25, 0.3) is 0 Å². The summed E-state index contributed by atoms with van der Waals surface area (Å²) in [7, 11) is 1.55. The van der Waals surface area contributed by atoms with Crippen molar-refractivity contribution in [1.29, 1.82) is 0 Å². The van der Waals surface area contributed by atoms with E-state index in [-0.39, 0.29) is 11.4 Å². The number of halogens is 1. The van der Waals surface area contributed by atoms with Crippen LogP contribution in [-0.2, 0) is 4.74 Å². The number of hydrogen-bond donors (Lipinski definition) is 1. The van der Waals surface area contributed by atoms with Gasteiger partial charge in [0.1, 0.15) is 16.9 Å². The number of rotatable bonds is 2. The van der Waals surface area contributed by atoms with Gasteiger partial charge in [0.15, 0.2) is 5.69 Å². The van der Waals surface area contributed by atoms with E-state index in [4.69, 9.17) is 15.2 Å². The van der Waals surface area contributed by atoms with Gasteiger partial charge in [-0.1, -0.05) is 15.9 Å². The molecule has 0 radical (unpaired) electrons. The molecule has 1 heterocycles. The molecule has 0 atom stereocenters. The van der Waals surface area contributed by atoms with Crippen molar-refractivity contribution < 1.29 is 14.3 Å². The molecule has 0 unspecified atom stereocenters. The molecule has 1 aromatic carbocycles. The molecule has 21 heavy (non-hydrogen) atoms. The maximum absolute atomic E-state index is 12.2. The standard InChI is InChI=1S/C15H17BrN2O3/c1-15(2,3)21-14(19)13-10(17)7-8-9(16)5-6-11(20-4)12(8)18-13/h5-7H,17H2,1-4H3. The molecule has 0 spiro atoms. The van der Waals surface area contributed by atoms with Gasteiger partial charge in [-0.05, 0) is 39.0 Å². The van der Waals surface area contributed by atoms with Crippen LogP contribution in [0.5, 0.6) is 5.75 Å². The van der Waals surface area contributed by atoms with Crippen LogP contribution >= 0.6 is 15.9 Å². The number of esters is 1. The lowest BCUT2D eigenvalue weighted by Crippen LogP contribution is -2.25. The zero-order valence-corrected chi connectivity index (χ0v) is 13.9. The van der Waals surface area contributed by atoms with Gasteiger partial charge in [-0.2, -0.15) is 0 Å². The van der Waals surface area contributed by atoms with Gasteiger partial charge in [-0.15, -0.1) is 0 Å². The molecule has 0 aliphatic carbocycles. The fraction of sp³-hybridized carbons (Fsp3) is 0.333. The molecule has 0 aliphatic heterocycles. The molecular formula is C15H17BrN2O3. The molecule has 0 saturated heterocycles. The van der Waals surface area contributed by atoms with Crippen LogP contribution in [0.2, 0.25) is 0 Å². The third kappa shape index (κ3) is 3.26. The number of ether oxygens (including phenoxy) is 2. The van der Waals surface area contributed by atoms with E-state index < -0.39 is 11.6 Å². The van der Waals surface area contributed by atoms with Crippen LogP contribution in [0.3, 0.4) is 0 Å². The molecule has 1 aromatic heterocycles. The molecule has 5 nitrogen and oxygen atoms in total. The second-order valence-corrected chi connectivity index (χ2v) is 6.43. The van der Waals surface area contributed by atoms with Crippen LogP contribution in [0.1, 0.15) is 31.3 Å². The second kappa shape index (κ2) is 5.52. The van der Waals surface area contributed by atoms with Gasteiger partial charge in [-0.3, -0.25) is 0 Å². The van der Waals surface area contributed by atoms with Gasteiger partial charge in [0, 0.05) is 9.86 Å². The van der Waals surface area contributed by atoms with Crippen molar-refractivity contribution in [2.75, 3.05) is 12.8 Å². The number of hydrogen-bond acceptors (Lipinski definition) is 5. The number of carbonyl (C=O) groups is 1. The average molecular weight is 353 g/mol. The molecule has 2 rings (SSSR count). The van der Waals surface area contributed by atoms with Crippen molar-refractivity contribution in [1.82, 2.24) is 4.98 Å². The van der Waals surface area contributed by atoms with E-state index >= 15 is 0 Å². The summed E-state index contributed by atoms with van der Waals surface area (Å²) in [6.07, 6.45) is 0. The number of nitrogen functional groups attached to an aromatic ring is 1. The van der Waals surface area contributed by atoms with Crippen LogP contribution in [-0.4, -0.2) is 23.7 Å². The monoisotopic (exact) mass is 352 g/mol. The number of pyridine rings is 1. The first-order valence-electron chi connectivity index (χ1n) is 6.39. The van der Waals surface area contributed by atoms with E-state index in [0.717, 1.165) is 9.86 Å². The average Bonchev–Trinajstić information content (AvgIpc) is 2.37. The maximum Gasteiger partial charge on any atom is 0.359 e. The number of nitrogens with two attached hydrogens (primary N) is 1. The lowest BCUT2D eigenvalue weighted by Gasteiger charge is -2.20. The van der Waals surface area contributed by atoms with E-state index in [9.17, 15) is 4.79 Å². The van der Waals surface area contributed by atoms with Gasteiger partial charge in [0.05, 0.1) is 12.8 Å². The highest BCUT2D eigenvalue weighted by Crippen LogP contribution is 2.32. The van der Waals surface area contributed by atoms with Gasteiger partial charge in [0.2, 0.25) is 0 Å². The van der Waals surface area contributed by atoms with Crippen molar-refractivity contribution in [3.05, 3.63) is 28.4 Å². The van der Waals surface area contributed by atoms with E-state index in [1.54, 1.807) is 40.0 Å². The first kappa shape index (κ1) is 15.6. The number of aromatic nitrogens is 1. The van der Waals surface area contributed by atoms with Crippen LogP contribution < -0.4 is 10.5 Å². The summed E-state index contributed by atoms with van der Waals surface area (Å²) in [6.45, 7) is 5.37. The lowest BCUT2D eigenvalue weighted by molar-refractivity contribution is 0.00647. The van der Waals surface area contributed by atoms with Crippen LogP contribution in [0.15, 0.2) is 22.7 Å². The smallest absolute Gasteiger partial charge is 0.359 e. The Labute approximate surface area is 131 Å². The number of methoxy groups -OCH3 is 1. The predicted molar refractivity (Wildman–Crippen MR) is 85.6 cm³/mol. The summed E-state index contributed by atoms with van der Waals surface area (Å²) >= 11 is 3.44. The Bertz CT molecular complexity index is 708. The number of nitrogens with zero attached hydrogens (tertiary/aromatic N) is 1. The van der Waals surface area contributed by atoms with Crippen molar-refractivity contribution in [2.45, 2.75) is 26.4 Å². The van der Waals surface area contributed by atoms with Crippen molar-refractivity contribution >= 4 is 38.5 Å². The Balaban J connectivity index is 2.61. The Morgan fingerprint density at radius 2 is 2.00 bits per heavy atom. The SMILES string of the molecule is COc1ccc(Br)c2cc(N)c(C(=O)OC(C)(C)C)nc12. The van der Waals surface area contributed by atoms with E-state index in [1.807, 2.05) is 6.07 Å². The molecule has 0 amide bonds. The summed E-state index contributed by atoms with van der Waals surface area (Å²) in [6, 6.07) is 5.30. The van der Waals surface area contributed by atoms with Crippen molar-refractivity contribution in [3.63, 3.8) is 0 Å². The van der Waals surface area contributed by atoms with Gasteiger partial charge >= 0.3 is 5.97 Å². The van der Waals surface area contributed by atoms with Gasteiger partial charge in [-0.25, -0.2) is 9.78 Å². The fourth-order valence-corrected chi connectivity index (χ4v) is 2.31. The highest BCUT2D eigenvalue weighted by atomic mass is 79.9. The molecule has 0 bridgehead atoms. The number of fused-ring (bicyclic) bond motifs is 1. The Kier molecular flexibility index (Phi) is 4.09. The molecular weight excluding hydrogens is 336 g/mol. The first-order chi connectivity index (χ1) is 9.73. The summed E-state index contributed by atoms with van der Waals surface area (Å²) in [4.78, 5) is 16.5.